The van der Waals surface area contributed by atoms with E-state index >= 15 is 26.3 Å². The van der Waals surface area contributed by atoms with E-state index in [1.807, 2.05) is 146 Å². The topological polar surface area (TPSA) is 30.7 Å². The number of rotatable bonds is 8. The molecule has 0 fully saturated rings. The van der Waals surface area contributed by atoms with E-state index in [0.29, 0.717) is 22.4 Å². The van der Waals surface area contributed by atoms with E-state index in [-0.39, 0.29) is 39.3 Å². The Morgan fingerprint density at radius 1 is 0.338 bits per heavy atom. The number of alkyl halides is 6. The van der Waals surface area contributed by atoms with Gasteiger partial charge in [0.15, 0.2) is 5.82 Å². The van der Waals surface area contributed by atoms with Gasteiger partial charge in [-0.25, -0.2) is 9.97 Å². The van der Waals surface area contributed by atoms with Crippen LogP contribution in [0.4, 0.5) is 26.3 Å². The summed E-state index contributed by atoms with van der Waals surface area (Å²) in [5.41, 5.74) is 7.53. The fourth-order valence-electron chi connectivity index (χ4n) is 9.71. The molecule has 0 aliphatic rings. The first kappa shape index (κ1) is 44.9. The van der Waals surface area contributed by atoms with Gasteiger partial charge < -0.3 is 4.57 Å². The molecule has 0 saturated heterocycles. The van der Waals surface area contributed by atoms with Gasteiger partial charge >= 0.3 is 12.4 Å². The summed E-state index contributed by atoms with van der Waals surface area (Å²) in [6.07, 6.45) is -9.71. The molecule has 0 N–H and O–H groups in total. The SMILES string of the molecule is Cc1cccc(-c2ccc3c(c2)c2cc(-c4cccc(C)c4)ccc2n3-c2c(-c3ccccc3C(F)(F)F)cc(-c3nc(-c4ccccc4)cc(-c4ccccc4)n3)cc2-c2ccccc2C(F)(F)F)c1. The normalized spacial score (nSPS) is 11.9. The summed E-state index contributed by atoms with van der Waals surface area (Å²) >= 11 is 0. The quantitative estimate of drug-likeness (QED) is 0.142. The van der Waals surface area contributed by atoms with E-state index in [4.69, 9.17) is 9.97 Å². The highest BCUT2D eigenvalue weighted by Gasteiger charge is 2.37. The average Bonchev–Trinajstić information content (AvgIpc) is 3.70. The maximum Gasteiger partial charge on any atom is 0.417 e. The molecule has 9 heteroatoms. The van der Waals surface area contributed by atoms with Crippen molar-refractivity contribution in [1.29, 1.82) is 0 Å². The van der Waals surface area contributed by atoms with Crippen molar-refractivity contribution < 1.29 is 26.3 Å². The monoisotopic (exact) mass is 941 g/mol. The van der Waals surface area contributed by atoms with E-state index in [1.54, 1.807) is 12.1 Å². The molecule has 0 bridgehead atoms. The summed E-state index contributed by atoms with van der Waals surface area (Å²) in [4.78, 5) is 10.1. The number of nitrogens with zero attached hydrogens (tertiary/aromatic N) is 3. The van der Waals surface area contributed by atoms with E-state index in [1.165, 1.54) is 36.4 Å². The molecule has 0 atom stereocenters. The minimum absolute atomic E-state index is 0.0294. The molecule has 0 aliphatic carbocycles. The Bertz CT molecular complexity index is 3580. The predicted molar refractivity (Wildman–Crippen MR) is 274 cm³/mol. The number of fused-ring (bicyclic) bond motifs is 3. The first-order valence-electron chi connectivity index (χ1n) is 23.0. The largest absolute Gasteiger partial charge is 0.417 e. The van der Waals surface area contributed by atoms with Crippen molar-refractivity contribution in [2.24, 2.45) is 0 Å². The Balaban J connectivity index is 1.31. The Hall–Kier alpha value is -8.56. The number of aryl methyl sites for hydroxylation is 2. The van der Waals surface area contributed by atoms with E-state index < -0.39 is 23.5 Å². The standard InChI is InChI=1S/C62H41F6N3/c1-38-15-13-21-42(31-38)44-27-29-57-49(33-44)50-34-45(43-22-14-16-39(2)32-43)28-30-58(50)71(57)59-51(47-23-9-11-25-53(47)61(63,64)65)35-46(36-52(59)48-24-10-12-26-54(48)62(66,67)68)60-69-55(40-17-5-3-6-18-40)37-56(70-60)41-19-7-4-8-20-41/h3-37H,1-2H3. The number of benzene rings is 9. The number of aromatic nitrogens is 3. The van der Waals surface area contributed by atoms with E-state index in [0.717, 1.165) is 67.4 Å². The molecule has 0 saturated carbocycles. The van der Waals surface area contributed by atoms with Crippen LogP contribution in [-0.4, -0.2) is 14.5 Å². The molecule has 9 aromatic carbocycles. The second-order valence-electron chi connectivity index (χ2n) is 17.7. The Morgan fingerprint density at radius 2 is 0.732 bits per heavy atom. The lowest BCUT2D eigenvalue weighted by Crippen LogP contribution is -2.11. The molecular formula is C62H41F6N3. The zero-order valence-electron chi connectivity index (χ0n) is 38.3. The molecule has 2 heterocycles. The van der Waals surface area contributed by atoms with E-state index in [9.17, 15) is 0 Å². The smallest absolute Gasteiger partial charge is 0.308 e. The fraction of sp³-hybridized carbons (Fsp3) is 0.0645. The molecule has 71 heavy (non-hydrogen) atoms. The molecule has 0 spiro atoms. The zero-order chi connectivity index (χ0) is 49.0. The van der Waals surface area contributed by atoms with Crippen LogP contribution in [-0.2, 0) is 12.4 Å². The molecular weight excluding hydrogens is 901 g/mol. The molecule has 3 nitrogen and oxygen atoms in total. The molecule has 0 unspecified atom stereocenters. The Labute approximate surface area is 406 Å². The van der Waals surface area contributed by atoms with Gasteiger partial charge in [0.1, 0.15) is 0 Å². The summed E-state index contributed by atoms with van der Waals surface area (Å²) in [5, 5.41) is 1.52. The maximum absolute atomic E-state index is 15.6. The van der Waals surface area contributed by atoms with Crippen LogP contribution in [0, 0.1) is 13.8 Å². The summed E-state index contributed by atoms with van der Waals surface area (Å²) in [6.45, 7) is 4.02. The summed E-state index contributed by atoms with van der Waals surface area (Å²) in [5.74, 6) is 0.112. The van der Waals surface area contributed by atoms with Gasteiger partial charge in [-0.15, -0.1) is 0 Å². The maximum atomic E-state index is 15.6. The number of hydrogen-bond donors (Lipinski definition) is 0. The van der Waals surface area contributed by atoms with Gasteiger partial charge in [-0.3, -0.25) is 0 Å². The summed E-state index contributed by atoms with van der Waals surface area (Å²) in [7, 11) is 0. The van der Waals surface area contributed by atoms with Gasteiger partial charge in [-0.05, 0) is 102 Å². The molecule has 0 aliphatic heterocycles. The van der Waals surface area contributed by atoms with Crippen molar-refractivity contribution in [3.63, 3.8) is 0 Å². The van der Waals surface area contributed by atoms with Crippen LogP contribution in [0.3, 0.4) is 0 Å². The lowest BCUT2D eigenvalue weighted by molar-refractivity contribution is -0.137. The number of halogens is 6. The van der Waals surface area contributed by atoms with E-state index in [2.05, 4.69) is 24.3 Å². The van der Waals surface area contributed by atoms with Gasteiger partial charge in [-0.2, -0.15) is 26.3 Å². The third-order valence-corrected chi connectivity index (χ3v) is 13.0. The summed E-state index contributed by atoms with van der Waals surface area (Å²) in [6, 6.07) is 62.2. The van der Waals surface area contributed by atoms with Crippen LogP contribution in [0.1, 0.15) is 22.3 Å². The van der Waals surface area contributed by atoms with Crippen LogP contribution < -0.4 is 0 Å². The second-order valence-corrected chi connectivity index (χ2v) is 17.7. The molecule has 11 rings (SSSR count). The highest BCUT2D eigenvalue weighted by atomic mass is 19.4. The third kappa shape index (κ3) is 8.54. The molecule has 0 amide bonds. The predicted octanol–water partition coefficient (Wildman–Crippen LogP) is 17.9. The Morgan fingerprint density at radius 3 is 1.15 bits per heavy atom. The van der Waals surface area contributed by atoms with Crippen molar-refractivity contribution in [2.75, 3.05) is 0 Å². The van der Waals surface area contributed by atoms with Gasteiger partial charge in [0.05, 0.1) is 39.2 Å². The highest BCUT2D eigenvalue weighted by molar-refractivity contribution is 6.13. The van der Waals surface area contributed by atoms with Crippen LogP contribution in [0.15, 0.2) is 212 Å². The molecule has 11 aromatic rings. The van der Waals surface area contributed by atoms with Gasteiger partial charge in [0, 0.05) is 38.6 Å². The van der Waals surface area contributed by atoms with Crippen LogP contribution in [0.2, 0.25) is 0 Å². The lowest BCUT2D eigenvalue weighted by Gasteiger charge is -2.24. The van der Waals surface area contributed by atoms with Crippen molar-refractivity contribution in [1.82, 2.24) is 14.5 Å². The van der Waals surface area contributed by atoms with Crippen molar-refractivity contribution >= 4 is 21.8 Å². The number of hydrogen-bond acceptors (Lipinski definition) is 2. The molecule has 0 radical (unpaired) electrons. The molecule has 2 aromatic heterocycles. The lowest BCUT2D eigenvalue weighted by atomic mass is 9.88. The van der Waals surface area contributed by atoms with Crippen LogP contribution in [0.5, 0.6) is 0 Å². The van der Waals surface area contributed by atoms with Crippen molar-refractivity contribution in [3.8, 4) is 84.1 Å². The van der Waals surface area contributed by atoms with Crippen molar-refractivity contribution in [3.05, 3.63) is 235 Å². The Kier molecular flexibility index (Phi) is 11.2. The zero-order valence-corrected chi connectivity index (χ0v) is 38.3. The summed E-state index contributed by atoms with van der Waals surface area (Å²) < 4.78 is 95.1. The highest BCUT2D eigenvalue weighted by Crippen LogP contribution is 2.49. The third-order valence-electron chi connectivity index (χ3n) is 13.0. The minimum Gasteiger partial charge on any atom is -0.308 e. The first-order chi connectivity index (χ1) is 34.3. The van der Waals surface area contributed by atoms with Gasteiger partial charge in [0.2, 0.25) is 0 Å². The van der Waals surface area contributed by atoms with Gasteiger partial charge in [-0.1, -0.05) is 169 Å². The van der Waals surface area contributed by atoms with Crippen molar-refractivity contribution in [2.45, 2.75) is 26.2 Å². The van der Waals surface area contributed by atoms with Crippen LogP contribution in [0.25, 0.3) is 106 Å². The average molecular weight is 942 g/mol. The minimum atomic E-state index is -4.86. The fourth-order valence-corrected chi connectivity index (χ4v) is 9.71. The van der Waals surface area contributed by atoms with Crippen LogP contribution >= 0.6 is 0 Å². The first-order valence-corrected chi connectivity index (χ1v) is 23.0. The van der Waals surface area contributed by atoms with Gasteiger partial charge in [0.25, 0.3) is 0 Å². The molecule has 346 valence electrons. The second kappa shape index (κ2) is 17.8.